The maximum atomic E-state index is 14.4. The number of nitrogens with two attached hydrogens (primary N) is 1. The van der Waals surface area contributed by atoms with Crippen molar-refractivity contribution in [2.24, 2.45) is 11.1 Å². The lowest BCUT2D eigenvalue weighted by atomic mass is 10.1. The Morgan fingerprint density at radius 3 is 2.88 bits per heavy atom. The monoisotopic (exact) mass is 453 g/mol. The van der Waals surface area contributed by atoms with Crippen molar-refractivity contribution in [1.29, 1.82) is 0 Å². The van der Waals surface area contributed by atoms with Crippen molar-refractivity contribution in [2.45, 2.75) is 18.9 Å². The lowest BCUT2D eigenvalue weighted by molar-refractivity contribution is 0.442. The molecule has 2 fully saturated rings. The summed E-state index contributed by atoms with van der Waals surface area (Å²) in [6, 6.07) is 4.99. The summed E-state index contributed by atoms with van der Waals surface area (Å²) < 4.78 is 20.3. The predicted octanol–water partition coefficient (Wildman–Crippen LogP) is 4.06. The molecule has 0 radical (unpaired) electrons. The fraction of sp³-hybridized carbons (Fsp3) is 0.318. The van der Waals surface area contributed by atoms with Gasteiger partial charge in [0.1, 0.15) is 17.3 Å². The van der Waals surface area contributed by atoms with Gasteiger partial charge in [0.2, 0.25) is 0 Å². The van der Waals surface area contributed by atoms with Crippen LogP contribution >= 0.6 is 11.6 Å². The fourth-order valence-corrected chi connectivity index (χ4v) is 4.94. The zero-order valence-electron chi connectivity index (χ0n) is 17.3. The molecule has 0 amide bonds. The zero-order valence-corrected chi connectivity index (χ0v) is 18.1. The highest BCUT2D eigenvalue weighted by atomic mass is 35.5. The molecular weight excluding hydrogens is 433 g/mol. The Balaban J connectivity index is 1.54. The summed E-state index contributed by atoms with van der Waals surface area (Å²) in [4.78, 5) is 18.9. The Kier molecular flexibility index (Phi) is 4.22. The first-order valence-corrected chi connectivity index (χ1v) is 10.8. The molecule has 1 aliphatic carbocycles. The van der Waals surface area contributed by atoms with Crippen LogP contribution in [0.3, 0.4) is 0 Å². The van der Waals surface area contributed by atoms with Crippen molar-refractivity contribution < 1.29 is 9.13 Å². The van der Waals surface area contributed by atoms with Crippen LogP contribution in [0.15, 0.2) is 30.6 Å². The quantitative estimate of drug-likeness (QED) is 0.428. The third-order valence-corrected chi connectivity index (χ3v) is 6.79. The van der Waals surface area contributed by atoms with Crippen molar-refractivity contribution in [3.63, 3.8) is 0 Å². The molecule has 3 aromatic heterocycles. The highest BCUT2D eigenvalue weighted by Gasteiger charge is 2.56. The maximum absolute atomic E-state index is 14.4. The second-order valence-corrected chi connectivity index (χ2v) is 9.03. The lowest BCUT2D eigenvalue weighted by Gasteiger charge is -2.19. The van der Waals surface area contributed by atoms with Gasteiger partial charge in [0.15, 0.2) is 5.75 Å². The smallest absolute Gasteiger partial charge is 0.326 e. The molecule has 10 heteroatoms. The van der Waals surface area contributed by atoms with E-state index in [0.29, 0.717) is 27.9 Å². The normalized spacial score (nSPS) is 22.2. The van der Waals surface area contributed by atoms with Crippen LogP contribution in [-0.4, -0.2) is 46.1 Å². The van der Waals surface area contributed by atoms with Gasteiger partial charge in [-0.3, -0.25) is 4.98 Å². The number of hydrogen-bond donors (Lipinski definition) is 3. The highest BCUT2D eigenvalue weighted by Crippen LogP contribution is 2.53. The summed E-state index contributed by atoms with van der Waals surface area (Å²) in [5, 5.41) is 4.98. The van der Waals surface area contributed by atoms with Gasteiger partial charge in [-0.1, -0.05) is 11.6 Å². The van der Waals surface area contributed by atoms with E-state index >= 15 is 0 Å². The summed E-state index contributed by atoms with van der Waals surface area (Å²) in [6.07, 6.45) is 5.10. The molecule has 2 atom stereocenters. The van der Waals surface area contributed by atoms with Crippen LogP contribution in [0, 0.1) is 11.2 Å². The van der Waals surface area contributed by atoms with Crippen molar-refractivity contribution >= 4 is 45.0 Å². The van der Waals surface area contributed by atoms with E-state index in [0.717, 1.165) is 42.2 Å². The number of aromatic amines is 1. The molecule has 1 unspecified atom stereocenters. The third-order valence-electron chi connectivity index (χ3n) is 6.58. The van der Waals surface area contributed by atoms with Crippen LogP contribution in [0.25, 0.3) is 21.9 Å². The molecule has 1 spiro atoms. The van der Waals surface area contributed by atoms with E-state index in [1.807, 2.05) is 0 Å². The van der Waals surface area contributed by atoms with E-state index in [-0.39, 0.29) is 23.3 Å². The average molecular weight is 454 g/mol. The van der Waals surface area contributed by atoms with Gasteiger partial charge in [0, 0.05) is 49.2 Å². The number of aromatic nitrogens is 4. The number of rotatable bonds is 4. The summed E-state index contributed by atoms with van der Waals surface area (Å²) in [5.74, 6) is 0.805. The highest BCUT2D eigenvalue weighted by molar-refractivity contribution is 6.30. The van der Waals surface area contributed by atoms with E-state index < -0.39 is 0 Å². The molecule has 4 heterocycles. The fourth-order valence-electron chi connectivity index (χ4n) is 4.77. The van der Waals surface area contributed by atoms with Crippen LogP contribution in [0.1, 0.15) is 12.8 Å². The number of ether oxygens (including phenoxy) is 1. The van der Waals surface area contributed by atoms with Gasteiger partial charge in [-0.25, -0.2) is 4.39 Å². The van der Waals surface area contributed by atoms with E-state index in [1.54, 1.807) is 19.3 Å². The minimum absolute atomic E-state index is 0.142. The topological polar surface area (TPSA) is 105 Å². The summed E-state index contributed by atoms with van der Waals surface area (Å²) in [7, 11) is 1.76. The molecule has 4 aromatic rings. The molecule has 2 aliphatic rings. The van der Waals surface area contributed by atoms with Gasteiger partial charge in [-0.15, -0.1) is 0 Å². The predicted molar refractivity (Wildman–Crippen MR) is 122 cm³/mol. The van der Waals surface area contributed by atoms with Crippen LogP contribution < -0.4 is 20.7 Å². The second kappa shape index (κ2) is 6.91. The second-order valence-electron chi connectivity index (χ2n) is 8.59. The van der Waals surface area contributed by atoms with Gasteiger partial charge < -0.3 is 25.7 Å². The standard InChI is InChI=1S/C22H21ClFN7O/c1-26-15-6-12(24)5-14-17-19(28-18(14)15)29-21(32-13-4-11(23)8-27-9-13)30-20(17)31-3-2-22(10-31)7-16(22)25/h4-6,8-9,16,26H,2-3,7,10,25H2,1H3,(H,28,29,30)/t16-,22?/m1/s1. The van der Waals surface area contributed by atoms with Crippen LogP contribution in [0.5, 0.6) is 11.8 Å². The van der Waals surface area contributed by atoms with E-state index in [1.165, 1.54) is 18.3 Å². The molecule has 4 N–H and O–H groups in total. The minimum Gasteiger partial charge on any atom is -0.422 e. The van der Waals surface area contributed by atoms with Gasteiger partial charge >= 0.3 is 6.01 Å². The van der Waals surface area contributed by atoms with Crippen molar-refractivity contribution in [1.82, 2.24) is 19.9 Å². The minimum atomic E-state index is -0.332. The van der Waals surface area contributed by atoms with E-state index in [9.17, 15) is 4.39 Å². The molecule has 1 aromatic carbocycles. The number of hydrogen-bond acceptors (Lipinski definition) is 7. The van der Waals surface area contributed by atoms with Crippen LogP contribution in [0.2, 0.25) is 5.02 Å². The molecule has 6 rings (SSSR count). The molecule has 8 nitrogen and oxygen atoms in total. The number of halogens is 2. The first-order valence-electron chi connectivity index (χ1n) is 10.5. The number of pyridine rings is 1. The lowest BCUT2D eigenvalue weighted by Crippen LogP contribution is -2.24. The molecule has 1 saturated heterocycles. The Morgan fingerprint density at radius 2 is 2.16 bits per heavy atom. The number of nitrogens with zero attached hydrogens (tertiary/aromatic N) is 4. The molecular formula is C22H21ClFN7O. The molecule has 0 bridgehead atoms. The largest absolute Gasteiger partial charge is 0.422 e. The van der Waals surface area contributed by atoms with Gasteiger partial charge in [0.05, 0.1) is 27.8 Å². The van der Waals surface area contributed by atoms with E-state index in [4.69, 9.17) is 27.1 Å². The van der Waals surface area contributed by atoms with Gasteiger partial charge in [0.25, 0.3) is 0 Å². The summed E-state index contributed by atoms with van der Waals surface area (Å²) in [5.41, 5.74) is 8.34. The van der Waals surface area contributed by atoms with Crippen LogP contribution in [-0.2, 0) is 0 Å². The molecule has 32 heavy (non-hydrogen) atoms. The third kappa shape index (κ3) is 3.03. The number of H-pyrrole nitrogens is 1. The van der Waals surface area contributed by atoms with E-state index in [2.05, 4.69) is 25.2 Å². The first kappa shape index (κ1) is 19.5. The Labute approximate surface area is 187 Å². The summed E-state index contributed by atoms with van der Waals surface area (Å²) >= 11 is 6.04. The van der Waals surface area contributed by atoms with Crippen molar-refractivity contribution in [3.05, 3.63) is 41.4 Å². The molecule has 1 saturated carbocycles. The SMILES string of the molecule is CNc1cc(F)cc2c1[nH]c1nc(Oc3cncc(Cl)c3)nc(N3CCC4(C[C@H]4N)C3)c12. The number of fused-ring (bicyclic) bond motifs is 3. The summed E-state index contributed by atoms with van der Waals surface area (Å²) in [6.45, 7) is 1.62. The Morgan fingerprint density at radius 1 is 1.31 bits per heavy atom. The van der Waals surface area contributed by atoms with Gasteiger partial charge in [-0.05, 0) is 25.0 Å². The van der Waals surface area contributed by atoms with Crippen LogP contribution in [0.4, 0.5) is 15.9 Å². The number of nitrogens with one attached hydrogen (secondary N) is 2. The Hall–Kier alpha value is -3.17. The maximum Gasteiger partial charge on any atom is 0.326 e. The molecule has 164 valence electrons. The van der Waals surface area contributed by atoms with Gasteiger partial charge in [-0.2, -0.15) is 9.97 Å². The first-order chi connectivity index (χ1) is 15.5. The Bertz CT molecular complexity index is 1380. The van der Waals surface area contributed by atoms with Crippen molar-refractivity contribution in [3.8, 4) is 11.8 Å². The zero-order chi connectivity index (χ0) is 22.0. The number of benzene rings is 1. The van der Waals surface area contributed by atoms with Crippen molar-refractivity contribution in [2.75, 3.05) is 30.4 Å². The molecule has 1 aliphatic heterocycles. The number of anilines is 2. The average Bonchev–Trinajstić information content (AvgIpc) is 3.08.